The summed E-state index contributed by atoms with van der Waals surface area (Å²) in [6.45, 7) is 3.96. The number of hydrogen-bond acceptors (Lipinski definition) is 3. The molecule has 4 nitrogen and oxygen atoms in total. The molecular formula is C21H21N3O. The second-order valence-corrected chi connectivity index (χ2v) is 6.01. The van der Waals surface area contributed by atoms with Crippen LogP contribution in [-0.2, 0) is 0 Å². The molecule has 0 atom stereocenters. The molecule has 0 bridgehead atoms. The highest BCUT2D eigenvalue weighted by Gasteiger charge is 2.13. The predicted octanol–water partition coefficient (Wildman–Crippen LogP) is 4.72. The maximum atomic E-state index is 12.6. The number of hydrogen-bond donors (Lipinski definition) is 1. The molecule has 0 aliphatic carbocycles. The molecule has 3 aromatic rings. The van der Waals surface area contributed by atoms with E-state index in [0.717, 1.165) is 28.2 Å². The predicted molar refractivity (Wildman–Crippen MR) is 103 cm³/mol. The molecule has 4 heteroatoms. The van der Waals surface area contributed by atoms with Crippen LogP contribution < -0.4 is 10.2 Å². The third-order valence-electron chi connectivity index (χ3n) is 4.23. The van der Waals surface area contributed by atoms with Crippen LogP contribution in [0.5, 0.6) is 0 Å². The molecule has 1 N–H and O–H groups in total. The van der Waals surface area contributed by atoms with Crippen molar-refractivity contribution in [2.45, 2.75) is 13.8 Å². The van der Waals surface area contributed by atoms with Gasteiger partial charge in [0, 0.05) is 30.3 Å². The lowest BCUT2D eigenvalue weighted by Crippen LogP contribution is -2.17. The SMILES string of the molecule is Cc1cccc(C)c1NC(=O)c1cc(N(C)c2ccccc2)ccn1. The zero-order valence-corrected chi connectivity index (χ0v) is 14.7. The minimum Gasteiger partial charge on any atom is -0.345 e. The summed E-state index contributed by atoms with van der Waals surface area (Å²) in [6, 6.07) is 19.6. The molecule has 0 saturated carbocycles. The number of aryl methyl sites for hydroxylation is 2. The van der Waals surface area contributed by atoms with Gasteiger partial charge in [-0.3, -0.25) is 9.78 Å². The summed E-state index contributed by atoms with van der Waals surface area (Å²) in [6.07, 6.45) is 1.66. The normalized spacial score (nSPS) is 10.4. The molecule has 0 unspecified atom stereocenters. The maximum Gasteiger partial charge on any atom is 0.274 e. The summed E-state index contributed by atoms with van der Waals surface area (Å²) in [5.74, 6) is -0.208. The van der Waals surface area contributed by atoms with Crippen molar-refractivity contribution in [3.05, 3.63) is 83.7 Å². The second-order valence-electron chi connectivity index (χ2n) is 6.01. The molecule has 0 saturated heterocycles. The van der Waals surface area contributed by atoms with E-state index in [1.165, 1.54) is 0 Å². The smallest absolute Gasteiger partial charge is 0.274 e. The number of aromatic nitrogens is 1. The van der Waals surface area contributed by atoms with E-state index < -0.39 is 0 Å². The van der Waals surface area contributed by atoms with Gasteiger partial charge < -0.3 is 10.2 Å². The van der Waals surface area contributed by atoms with Gasteiger partial charge >= 0.3 is 0 Å². The molecule has 2 aromatic carbocycles. The van der Waals surface area contributed by atoms with E-state index >= 15 is 0 Å². The van der Waals surface area contributed by atoms with Crippen LogP contribution in [0.2, 0.25) is 0 Å². The standard InChI is InChI=1S/C21H21N3O/c1-15-8-7-9-16(2)20(15)23-21(25)19-14-18(12-13-22-19)24(3)17-10-5-4-6-11-17/h4-14H,1-3H3,(H,23,25). The molecule has 126 valence electrons. The maximum absolute atomic E-state index is 12.6. The Morgan fingerprint density at radius 3 is 2.28 bits per heavy atom. The number of carbonyl (C=O) groups excluding carboxylic acids is 1. The van der Waals surface area contributed by atoms with E-state index in [0.29, 0.717) is 5.69 Å². The van der Waals surface area contributed by atoms with Crippen molar-refractivity contribution in [1.29, 1.82) is 0 Å². The number of pyridine rings is 1. The van der Waals surface area contributed by atoms with Gasteiger partial charge in [0.25, 0.3) is 5.91 Å². The van der Waals surface area contributed by atoms with E-state index in [2.05, 4.69) is 10.3 Å². The van der Waals surface area contributed by atoms with Gasteiger partial charge in [-0.1, -0.05) is 36.4 Å². The lowest BCUT2D eigenvalue weighted by atomic mass is 10.1. The summed E-state index contributed by atoms with van der Waals surface area (Å²) >= 11 is 0. The molecule has 0 radical (unpaired) electrons. The zero-order valence-electron chi connectivity index (χ0n) is 14.7. The fourth-order valence-electron chi connectivity index (χ4n) is 2.74. The van der Waals surface area contributed by atoms with Gasteiger partial charge in [0.2, 0.25) is 0 Å². The second kappa shape index (κ2) is 7.18. The van der Waals surface area contributed by atoms with Gasteiger partial charge in [-0.25, -0.2) is 0 Å². The van der Waals surface area contributed by atoms with Crippen LogP contribution in [0.15, 0.2) is 66.9 Å². The zero-order chi connectivity index (χ0) is 17.8. The Morgan fingerprint density at radius 1 is 0.920 bits per heavy atom. The highest BCUT2D eigenvalue weighted by molar-refractivity contribution is 6.04. The first-order valence-corrected chi connectivity index (χ1v) is 8.18. The number of para-hydroxylation sites is 2. The van der Waals surface area contributed by atoms with Crippen LogP contribution in [0.4, 0.5) is 17.1 Å². The fraction of sp³-hybridized carbons (Fsp3) is 0.143. The average Bonchev–Trinajstić information content (AvgIpc) is 2.65. The van der Waals surface area contributed by atoms with Gasteiger partial charge in [-0.2, -0.15) is 0 Å². The number of nitrogens with zero attached hydrogens (tertiary/aromatic N) is 2. The summed E-state index contributed by atoms with van der Waals surface area (Å²) in [5.41, 5.74) is 5.26. The number of benzene rings is 2. The van der Waals surface area contributed by atoms with Crippen LogP contribution in [0.1, 0.15) is 21.6 Å². The van der Waals surface area contributed by atoms with E-state index in [-0.39, 0.29) is 5.91 Å². The van der Waals surface area contributed by atoms with Gasteiger partial charge in [0.15, 0.2) is 0 Å². The molecule has 1 heterocycles. The lowest BCUT2D eigenvalue weighted by molar-refractivity contribution is 0.102. The lowest BCUT2D eigenvalue weighted by Gasteiger charge is -2.20. The van der Waals surface area contributed by atoms with Crippen molar-refractivity contribution >= 4 is 23.0 Å². The van der Waals surface area contributed by atoms with Gasteiger partial charge in [0.05, 0.1) is 0 Å². The summed E-state index contributed by atoms with van der Waals surface area (Å²) < 4.78 is 0. The first-order chi connectivity index (χ1) is 12.1. The van der Waals surface area contributed by atoms with Gasteiger partial charge in [-0.15, -0.1) is 0 Å². The Morgan fingerprint density at radius 2 is 1.60 bits per heavy atom. The van der Waals surface area contributed by atoms with Crippen molar-refractivity contribution in [2.75, 3.05) is 17.3 Å². The Bertz CT molecular complexity index is 870. The number of carbonyl (C=O) groups is 1. The molecule has 1 amide bonds. The molecule has 0 aliphatic heterocycles. The van der Waals surface area contributed by atoms with Gasteiger partial charge in [-0.05, 0) is 49.2 Å². The monoisotopic (exact) mass is 331 g/mol. The molecule has 0 aliphatic rings. The molecular weight excluding hydrogens is 310 g/mol. The minimum atomic E-state index is -0.208. The van der Waals surface area contributed by atoms with Crippen molar-refractivity contribution < 1.29 is 4.79 Å². The van der Waals surface area contributed by atoms with E-state index in [1.807, 2.05) is 80.4 Å². The van der Waals surface area contributed by atoms with Crippen molar-refractivity contribution in [1.82, 2.24) is 4.98 Å². The molecule has 1 aromatic heterocycles. The molecule has 3 rings (SSSR count). The highest BCUT2D eigenvalue weighted by Crippen LogP contribution is 2.24. The van der Waals surface area contributed by atoms with E-state index in [1.54, 1.807) is 12.3 Å². The highest BCUT2D eigenvalue weighted by atomic mass is 16.1. The number of nitrogens with one attached hydrogen (secondary N) is 1. The average molecular weight is 331 g/mol. The van der Waals surface area contributed by atoms with Crippen LogP contribution in [0, 0.1) is 13.8 Å². The van der Waals surface area contributed by atoms with Gasteiger partial charge in [0.1, 0.15) is 5.69 Å². The Balaban J connectivity index is 1.85. The minimum absolute atomic E-state index is 0.208. The Hall–Kier alpha value is -3.14. The van der Waals surface area contributed by atoms with Crippen molar-refractivity contribution in [3.8, 4) is 0 Å². The number of rotatable bonds is 4. The van der Waals surface area contributed by atoms with E-state index in [4.69, 9.17) is 0 Å². The quantitative estimate of drug-likeness (QED) is 0.752. The Kier molecular flexibility index (Phi) is 4.80. The van der Waals surface area contributed by atoms with E-state index in [9.17, 15) is 4.79 Å². The summed E-state index contributed by atoms with van der Waals surface area (Å²) in [7, 11) is 1.97. The molecule has 25 heavy (non-hydrogen) atoms. The third kappa shape index (κ3) is 3.69. The summed E-state index contributed by atoms with van der Waals surface area (Å²) in [5, 5.41) is 2.98. The van der Waals surface area contributed by atoms with Crippen LogP contribution in [0.3, 0.4) is 0 Å². The first-order valence-electron chi connectivity index (χ1n) is 8.18. The number of anilines is 3. The van der Waals surface area contributed by atoms with Crippen molar-refractivity contribution in [3.63, 3.8) is 0 Å². The third-order valence-corrected chi connectivity index (χ3v) is 4.23. The van der Waals surface area contributed by atoms with Crippen LogP contribution >= 0.6 is 0 Å². The summed E-state index contributed by atoms with van der Waals surface area (Å²) in [4.78, 5) is 18.9. The fourth-order valence-corrected chi connectivity index (χ4v) is 2.74. The first kappa shape index (κ1) is 16.7. The largest absolute Gasteiger partial charge is 0.345 e. The number of amides is 1. The molecule has 0 fully saturated rings. The topological polar surface area (TPSA) is 45.2 Å². The molecule has 0 spiro atoms. The van der Waals surface area contributed by atoms with Crippen LogP contribution in [-0.4, -0.2) is 17.9 Å². The van der Waals surface area contributed by atoms with Crippen LogP contribution in [0.25, 0.3) is 0 Å². The van der Waals surface area contributed by atoms with Crippen molar-refractivity contribution in [2.24, 2.45) is 0 Å². The Labute approximate surface area is 148 Å².